The van der Waals surface area contributed by atoms with Crippen molar-refractivity contribution in [3.8, 4) is 0 Å². The van der Waals surface area contributed by atoms with Gasteiger partial charge in [0.05, 0.1) is 12.5 Å². The molecule has 1 fully saturated rings. The van der Waals surface area contributed by atoms with E-state index in [1.165, 1.54) is 5.56 Å². The first-order chi connectivity index (χ1) is 10.3. The average molecular weight is 280 g/mol. The van der Waals surface area contributed by atoms with Crippen LogP contribution in [-0.2, 0) is 14.3 Å². The fraction of sp³-hybridized carbons (Fsp3) is 0.278. The maximum Gasteiger partial charge on any atom is 0.342 e. The molecule has 0 bridgehead atoms. The minimum Gasteiger partial charge on any atom is -0.464 e. The van der Waals surface area contributed by atoms with Gasteiger partial charge in [0.2, 0.25) is 5.60 Å². The lowest BCUT2D eigenvalue weighted by atomic mass is 9.84. The maximum absolute atomic E-state index is 12.5. The number of ether oxygens (including phenoxy) is 2. The summed E-state index contributed by atoms with van der Waals surface area (Å²) in [6.07, 6.45) is -0.169. The number of hydrogen-bond acceptors (Lipinski definition) is 3. The van der Waals surface area contributed by atoms with E-state index in [-0.39, 0.29) is 18.0 Å². The summed E-state index contributed by atoms with van der Waals surface area (Å²) in [5.41, 5.74) is 2.52. The van der Waals surface area contributed by atoms with Crippen LogP contribution in [0.5, 0.6) is 0 Å². The molecule has 3 nitrogen and oxygen atoms in total. The number of hydrogen-bond donors (Lipinski definition) is 0. The third-order valence-electron chi connectivity index (χ3n) is 4.39. The van der Waals surface area contributed by atoms with Gasteiger partial charge < -0.3 is 9.47 Å². The van der Waals surface area contributed by atoms with E-state index < -0.39 is 5.60 Å². The van der Waals surface area contributed by atoms with Crippen molar-refractivity contribution in [1.82, 2.24) is 0 Å². The molecule has 0 amide bonds. The zero-order valence-electron chi connectivity index (χ0n) is 11.8. The molecule has 4 rings (SSSR count). The molecule has 2 aromatic rings. The van der Waals surface area contributed by atoms with Crippen LogP contribution in [0.1, 0.15) is 35.6 Å². The Morgan fingerprint density at radius 3 is 2.48 bits per heavy atom. The Morgan fingerprint density at radius 1 is 1.10 bits per heavy atom. The number of rotatable bonds is 3. The van der Waals surface area contributed by atoms with Crippen LogP contribution in [0.15, 0.2) is 54.6 Å². The highest BCUT2D eigenvalue weighted by Gasteiger charge is 2.74. The van der Waals surface area contributed by atoms with E-state index >= 15 is 0 Å². The molecule has 0 radical (unpaired) electrons. The summed E-state index contributed by atoms with van der Waals surface area (Å²) < 4.78 is 11.2. The molecular formula is C18H16O3. The monoisotopic (exact) mass is 280 g/mol. The van der Waals surface area contributed by atoms with E-state index in [1.54, 1.807) is 0 Å². The highest BCUT2D eigenvalue weighted by molar-refractivity contribution is 5.88. The number of epoxide rings is 1. The van der Waals surface area contributed by atoms with Gasteiger partial charge in [-0.25, -0.2) is 4.79 Å². The lowest BCUT2D eigenvalue weighted by molar-refractivity contribution is -0.150. The quantitative estimate of drug-likeness (QED) is 0.640. The molecule has 2 aromatic carbocycles. The second-order valence-electron chi connectivity index (χ2n) is 5.48. The van der Waals surface area contributed by atoms with Gasteiger partial charge in [0, 0.05) is 0 Å². The molecule has 21 heavy (non-hydrogen) atoms. The summed E-state index contributed by atoms with van der Waals surface area (Å²) in [4.78, 5) is 12.5. The topological polar surface area (TPSA) is 38.8 Å². The van der Waals surface area contributed by atoms with E-state index in [0.717, 1.165) is 11.1 Å². The Bertz CT molecular complexity index is 695. The van der Waals surface area contributed by atoms with Gasteiger partial charge in [0.15, 0.2) is 0 Å². The van der Waals surface area contributed by atoms with Crippen molar-refractivity contribution in [2.24, 2.45) is 0 Å². The zero-order valence-corrected chi connectivity index (χ0v) is 11.8. The van der Waals surface area contributed by atoms with Crippen LogP contribution >= 0.6 is 0 Å². The summed E-state index contributed by atoms with van der Waals surface area (Å²) in [5.74, 6) is -0.334. The minimum atomic E-state index is -0.860. The number of carbonyl (C=O) groups excluding carboxylic acids is 1. The Hall–Kier alpha value is -2.13. The van der Waals surface area contributed by atoms with Gasteiger partial charge in [-0.05, 0) is 23.6 Å². The standard InChI is InChI=1S/C18H16O3/c1-2-20-17(19)18-15(12-8-4-3-5-9-12)13-10-6-7-11-14(13)16(18)21-18/h3-11,15-16H,2H2,1H3/t15-,16-,18+/m0/s1. The predicted octanol–water partition coefficient (Wildman–Crippen LogP) is 3.21. The third kappa shape index (κ3) is 1.61. The number of fused-ring (bicyclic) bond motifs is 3. The Kier molecular flexibility index (Phi) is 2.66. The van der Waals surface area contributed by atoms with Crippen molar-refractivity contribution in [1.29, 1.82) is 0 Å². The van der Waals surface area contributed by atoms with Gasteiger partial charge in [-0.3, -0.25) is 0 Å². The largest absolute Gasteiger partial charge is 0.464 e. The van der Waals surface area contributed by atoms with Crippen LogP contribution in [-0.4, -0.2) is 18.2 Å². The lowest BCUT2D eigenvalue weighted by Crippen LogP contribution is -2.32. The smallest absolute Gasteiger partial charge is 0.342 e. The number of esters is 1. The number of carbonyl (C=O) groups is 1. The fourth-order valence-corrected chi connectivity index (χ4v) is 3.51. The minimum absolute atomic E-state index is 0.0843. The van der Waals surface area contributed by atoms with Crippen LogP contribution in [0.4, 0.5) is 0 Å². The summed E-state index contributed by atoms with van der Waals surface area (Å²) in [5, 5.41) is 0. The molecule has 2 aliphatic rings. The number of benzene rings is 2. The molecule has 0 aromatic heterocycles. The van der Waals surface area contributed by atoms with Crippen LogP contribution in [0.3, 0.4) is 0 Å². The fourth-order valence-electron chi connectivity index (χ4n) is 3.51. The van der Waals surface area contributed by atoms with Crippen LogP contribution < -0.4 is 0 Å². The van der Waals surface area contributed by atoms with Crippen LogP contribution in [0, 0.1) is 0 Å². The molecule has 1 aliphatic heterocycles. The van der Waals surface area contributed by atoms with Gasteiger partial charge in [-0.2, -0.15) is 0 Å². The van der Waals surface area contributed by atoms with Gasteiger partial charge >= 0.3 is 5.97 Å². The zero-order chi connectivity index (χ0) is 14.4. The SMILES string of the molecule is CCOC(=O)[C@]12O[C@H]1c1ccccc1[C@@H]2c1ccccc1. The van der Waals surface area contributed by atoms with Crippen LogP contribution in [0.2, 0.25) is 0 Å². The Morgan fingerprint density at radius 2 is 1.76 bits per heavy atom. The summed E-state index contributed by atoms with van der Waals surface area (Å²) in [7, 11) is 0. The van der Waals surface area contributed by atoms with Crippen molar-refractivity contribution in [2.75, 3.05) is 6.61 Å². The molecule has 0 unspecified atom stereocenters. The Labute approximate surface area is 123 Å². The summed E-state index contributed by atoms with van der Waals surface area (Å²) in [6, 6.07) is 18.2. The molecular weight excluding hydrogens is 264 g/mol. The van der Waals surface area contributed by atoms with Crippen molar-refractivity contribution < 1.29 is 14.3 Å². The summed E-state index contributed by atoms with van der Waals surface area (Å²) >= 11 is 0. The average Bonchev–Trinajstić information content (AvgIpc) is 3.20. The van der Waals surface area contributed by atoms with E-state index in [4.69, 9.17) is 9.47 Å². The second-order valence-corrected chi connectivity index (χ2v) is 5.48. The molecule has 1 heterocycles. The van der Waals surface area contributed by atoms with Gasteiger partial charge in [0.25, 0.3) is 0 Å². The third-order valence-corrected chi connectivity index (χ3v) is 4.39. The first-order valence-electron chi connectivity index (χ1n) is 7.28. The van der Waals surface area contributed by atoms with Crippen molar-refractivity contribution in [3.63, 3.8) is 0 Å². The molecule has 106 valence electrons. The molecule has 1 saturated heterocycles. The first kappa shape index (κ1) is 12.6. The Balaban J connectivity index is 1.86. The molecule has 0 saturated carbocycles. The predicted molar refractivity (Wildman–Crippen MR) is 77.9 cm³/mol. The lowest BCUT2D eigenvalue weighted by Gasteiger charge is -2.21. The van der Waals surface area contributed by atoms with E-state index in [2.05, 4.69) is 6.07 Å². The van der Waals surface area contributed by atoms with Crippen molar-refractivity contribution in [2.45, 2.75) is 24.5 Å². The van der Waals surface area contributed by atoms with Gasteiger partial charge in [-0.15, -0.1) is 0 Å². The molecule has 0 N–H and O–H groups in total. The normalized spacial score (nSPS) is 28.6. The summed E-state index contributed by atoms with van der Waals surface area (Å²) in [6.45, 7) is 2.19. The van der Waals surface area contributed by atoms with Crippen molar-refractivity contribution >= 4 is 5.97 Å². The van der Waals surface area contributed by atoms with E-state index in [0.29, 0.717) is 6.61 Å². The van der Waals surface area contributed by atoms with Crippen LogP contribution in [0.25, 0.3) is 0 Å². The first-order valence-corrected chi connectivity index (χ1v) is 7.28. The van der Waals surface area contributed by atoms with Crippen molar-refractivity contribution in [3.05, 3.63) is 71.3 Å². The molecule has 1 aliphatic carbocycles. The molecule has 0 spiro atoms. The second kappa shape index (κ2) is 4.43. The molecule has 3 heteroatoms. The highest BCUT2D eigenvalue weighted by atomic mass is 16.7. The van der Waals surface area contributed by atoms with E-state index in [9.17, 15) is 4.79 Å². The van der Waals surface area contributed by atoms with Gasteiger partial charge in [-0.1, -0.05) is 54.6 Å². The van der Waals surface area contributed by atoms with Gasteiger partial charge in [0.1, 0.15) is 6.10 Å². The highest BCUT2D eigenvalue weighted by Crippen LogP contribution is 2.66. The maximum atomic E-state index is 12.5. The van der Waals surface area contributed by atoms with E-state index in [1.807, 2.05) is 55.5 Å². The molecule has 3 atom stereocenters.